The second-order valence-electron chi connectivity index (χ2n) is 7.67. The van der Waals surface area contributed by atoms with Gasteiger partial charge in [-0.25, -0.2) is 0 Å². The summed E-state index contributed by atoms with van der Waals surface area (Å²) in [7, 11) is 0. The fourth-order valence-corrected chi connectivity index (χ4v) is 3.98. The fraction of sp³-hybridized carbons (Fsp3) is 0.409. The molecule has 3 rings (SSSR count). The number of ether oxygens (including phenoxy) is 1. The third kappa shape index (κ3) is 3.28. The molecule has 0 saturated carbocycles. The molecule has 0 bridgehead atoms. The van der Waals surface area contributed by atoms with Crippen LogP contribution in [0, 0.1) is 13.8 Å². The zero-order chi connectivity index (χ0) is 19.9. The number of hydrogen-bond acceptors (Lipinski definition) is 4. The molecule has 0 spiro atoms. The highest BCUT2D eigenvalue weighted by atomic mass is 16.5. The SMILES string of the molecule is Cc1c2c(c(C(C)(O)c3ccc(C(C)C)cc3)c(C)c1NC(=O)[O-])OCC2. The number of fused-ring (bicyclic) bond motifs is 1. The number of aliphatic hydroxyl groups is 1. The maximum Gasteiger partial charge on any atom is 0.138 e. The van der Waals surface area contributed by atoms with Crippen LogP contribution in [0.5, 0.6) is 5.75 Å². The van der Waals surface area contributed by atoms with Gasteiger partial charge in [0.1, 0.15) is 17.4 Å². The number of carbonyl (C=O) groups excluding carboxylic acids is 1. The molecule has 144 valence electrons. The second-order valence-corrected chi connectivity index (χ2v) is 7.67. The van der Waals surface area contributed by atoms with Crippen LogP contribution < -0.4 is 15.2 Å². The van der Waals surface area contributed by atoms with E-state index in [1.54, 1.807) is 13.8 Å². The van der Waals surface area contributed by atoms with Crippen LogP contribution in [0.1, 0.15) is 60.1 Å². The summed E-state index contributed by atoms with van der Waals surface area (Å²) in [5.41, 5.74) is 4.05. The zero-order valence-electron chi connectivity index (χ0n) is 16.5. The van der Waals surface area contributed by atoms with E-state index in [0.717, 1.165) is 16.7 Å². The van der Waals surface area contributed by atoms with Gasteiger partial charge in [0.05, 0.1) is 6.61 Å². The molecule has 1 heterocycles. The molecule has 1 atom stereocenters. The molecule has 2 aromatic rings. The molecule has 1 amide bonds. The summed E-state index contributed by atoms with van der Waals surface area (Å²) in [6.07, 6.45) is -0.689. The van der Waals surface area contributed by atoms with E-state index in [1.165, 1.54) is 5.56 Å². The minimum atomic E-state index is -1.37. The lowest BCUT2D eigenvalue weighted by Gasteiger charge is -2.31. The predicted molar refractivity (Wildman–Crippen MR) is 103 cm³/mol. The summed E-state index contributed by atoms with van der Waals surface area (Å²) in [6.45, 7) is 10.1. The smallest absolute Gasteiger partial charge is 0.138 e. The van der Waals surface area contributed by atoms with Crippen LogP contribution in [-0.2, 0) is 12.0 Å². The normalized spacial score (nSPS) is 15.2. The lowest BCUT2D eigenvalue weighted by Crippen LogP contribution is -2.31. The van der Waals surface area contributed by atoms with Gasteiger partial charge < -0.3 is 25.1 Å². The highest BCUT2D eigenvalue weighted by molar-refractivity contribution is 5.86. The Hall–Kier alpha value is -2.53. The van der Waals surface area contributed by atoms with Gasteiger partial charge in [-0.1, -0.05) is 38.1 Å². The van der Waals surface area contributed by atoms with Crippen molar-refractivity contribution in [3.05, 3.63) is 57.6 Å². The number of hydrogen-bond donors (Lipinski definition) is 2. The van der Waals surface area contributed by atoms with Gasteiger partial charge in [-0.05, 0) is 48.9 Å². The molecule has 0 radical (unpaired) electrons. The lowest BCUT2D eigenvalue weighted by atomic mass is 9.81. The molecule has 0 aromatic heterocycles. The Bertz CT molecular complexity index is 882. The molecule has 5 heteroatoms. The van der Waals surface area contributed by atoms with Crippen molar-refractivity contribution in [1.82, 2.24) is 0 Å². The predicted octanol–water partition coefficient (Wildman–Crippen LogP) is 3.37. The number of carbonyl (C=O) groups is 1. The Balaban J connectivity index is 2.20. The number of rotatable bonds is 4. The molecule has 1 aliphatic heterocycles. The number of nitrogens with one attached hydrogen (secondary N) is 1. The van der Waals surface area contributed by atoms with E-state index in [0.29, 0.717) is 41.5 Å². The van der Waals surface area contributed by atoms with E-state index in [9.17, 15) is 15.0 Å². The standard InChI is InChI=1S/C22H27NO4/c1-12(2)15-6-8-16(9-7-15)22(5,26)18-14(4)19(23-21(24)25)13(3)17-10-11-27-20(17)18/h6-9,12,23,26H,10-11H2,1-5H3,(H,24,25)/p-1. The zero-order valence-corrected chi connectivity index (χ0v) is 16.5. The first-order chi connectivity index (χ1) is 12.6. The third-order valence-electron chi connectivity index (χ3n) is 5.53. The van der Waals surface area contributed by atoms with Gasteiger partial charge in [0.2, 0.25) is 0 Å². The maximum absolute atomic E-state index is 11.5. The largest absolute Gasteiger partial charge is 0.530 e. The maximum atomic E-state index is 11.5. The van der Waals surface area contributed by atoms with Crippen molar-refractivity contribution in [3.8, 4) is 5.75 Å². The highest BCUT2D eigenvalue weighted by Gasteiger charge is 2.36. The van der Waals surface area contributed by atoms with Gasteiger partial charge in [0.25, 0.3) is 0 Å². The molecular formula is C22H26NO4-. The second kappa shape index (κ2) is 6.89. The van der Waals surface area contributed by atoms with Crippen LogP contribution in [-0.4, -0.2) is 17.8 Å². The molecule has 0 fully saturated rings. The molecule has 2 aromatic carbocycles. The van der Waals surface area contributed by atoms with Crippen molar-refractivity contribution in [2.45, 2.75) is 52.6 Å². The molecule has 27 heavy (non-hydrogen) atoms. The minimum Gasteiger partial charge on any atom is -0.530 e. The van der Waals surface area contributed by atoms with Gasteiger partial charge in [-0.15, -0.1) is 0 Å². The van der Waals surface area contributed by atoms with E-state index in [1.807, 2.05) is 31.2 Å². The Morgan fingerprint density at radius 2 is 1.85 bits per heavy atom. The summed E-state index contributed by atoms with van der Waals surface area (Å²) < 4.78 is 5.87. The molecule has 2 N–H and O–H groups in total. The van der Waals surface area contributed by atoms with E-state index in [4.69, 9.17) is 4.74 Å². The monoisotopic (exact) mass is 368 g/mol. The molecule has 5 nitrogen and oxygen atoms in total. The summed E-state index contributed by atoms with van der Waals surface area (Å²) in [5.74, 6) is 1.06. The van der Waals surface area contributed by atoms with Crippen LogP contribution in [0.4, 0.5) is 10.5 Å². The Kier molecular flexibility index (Phi) is 4.91. The van der Waals surface area contributed by atoms with Crippen LogP contribution in [0.25, 0.3) is 0 Å². The van der Waals surface area contributed by atoms with Crippen LogP contribution >= 0.6 is 0 Å². The lowest BCUT2D eigenvalue weighted by molar-refractivity contribution is -0.242. The first-order valence-electron chi connectivity index (χ1n) is 9.24. The average molecular weight is 368 g/mol. The van der Waals surface area contributed by atoms with Crippen molar-refractivity contribution in [3.63, 3.8) is 0 Å². The number of carboxylic acid groups (broad SMARTS) is 1. The first kappa shape index (κ1) is 19.2. The first-order valence-corrected chi connectivity index (χ1v) is 9.24. The number of benzene rings is 2. The summed E-state index contributed by atoms with van der Waals surface area (Å²) >= 11 is 0. The van der Waals surface area contributed by atoms with Crippen LogP contribution in [0.2, 0.25) is 0 Å². The third-order valence-corrected chi connectivity index (χ3v) is 5.53. The molecule has 0 saturated heterocycles. The molecular weight excluding hydrogens is 342 g/mol. The van der Waals surface area contributed by atoms with Crippen LogP contribution in [0.15, 0.2) is 24.3 Å². The topological polar surface area (TPSA) is 81.6 Å². The Morgan fingerprint density at radius 3 is 2.41 bits per heavy atom. The van der Waals surface area contributed by atoms with E-state index >= 15 is 0 Å². The van der Waals surface area contributed by atoms with E-state index < -0.39 is 11.7 Å². The van der Waals surface area contributed by atoms with Gasteiger partial charge >= 0.3 is 0 Å². The fourth-order valence-electron chi connectivity index (χ4n) is 3.98. The van der Waals surface area contributed by atoms with Crippen LogP contribution in [0.3, 0.4) is 0 Å². The van der Waals surface area contributed by atoms with Crippen molar-refractivity contribution < 1.29 is 19.7 Å². The summed E-state index contributed by atoms with van der Waals surface area (Å²) in [6, 6.07) is 7.86. The molecule has 0 aliphatic carbocycles. The Morgan fingerprint density at radius 1 is 1.22 bits per heavy atom. The number of anilines is 1. The van der Waals surface area contributed by atoms with Gasteiger partial charge in [0, 0.05) is 23.2 Å². The van der Waals surface area contributed by atoms with Crippen molar-refractivity contribution in [2.75, 3.05) is 11.9 Å². The van der Waals surface area contributed by atoms with Gasteiger partial charge in [-0.3, -0.25) is 0 Å². The molecule has 1 aliphatic rings. The van der Waals surface area contributed by atoms with Crippen molar-refractivity contribution in [2.24, 2.45) is 0 Å². The molecule has 1 unspecified atom stereocenters. The summed E-state index contributed by atoms with van der Waals surface area (Å²) in [5, 5.41) is 25.1. The highest BCUT2D eigenvalue weighted by Crippen LogP contribution is 2.46. The van der Waals surface area contributed by atoms with E-state index in [-0.39, 0.29) is 0 Å². The average Bonchev–Trinajstić information content (AvgIpc) is 3.07. The van der Waals surface area contributed by atoms with E-state index in [2.05, 4.69) is 19.2 Å². The van der Waals surface area contributed by atoms with Gasteiger partial charge in [-0.2, -0.15) is 0 Å². The van der Waals surface area contributed by atoms with Crippen molar-refractivity contribution in [1.29, 1.82) is 0 Å². The Labute approximate surface area is 160 Å². The van der Waals surface area contributed by atoms with Crippen molar-refractivity contribution >= 4 is 11.8 Å². The summed E-state index contributed by atoms with van der Waals surface area (Å²) in [4.78, 5) is 11.2. The number of amides is 1. The minimum absolute atomic E-state index is 0.400. The van der Waals surface area contributed by atoms with Gasteiger partial charge in [0.15, 0.2) is 0 Å². The quantitative estimate of drug-likeness (QED) is 0.867.